The summed E-state index contributed by atoms with van der Waals surface area (Å²) in [5, 5.41) is 11.3. The summed E-state index contributed by atoms with van der Waals surface area (Å²) >= 11 is 0. The van der Waals surface area contributed by atoms with Gasteiger partial charge in [0.1, 0.15) is 11.5 Å². The molecule has 3 heterocycles. The molecule has 2 aromatic heterocycles. The number of benzene rings is 2. The maximum Gasteiger partial charge on any atom is 0.320 e. The smallest absolute Gasteiger partial charge is 0.320 e. The summed E-state index contributed by atoms with van der Waals surface area (Å²) in [5.74, 6) is 0.736. The van der Waals surface area contributed by atoms with E-state index in [2.05, 4.69) is 32.7 Å². The van der Waals surface area contributed by atoms with Crippen LogP contribution in [0.25, 0.3) is 16.9 Å². The van der Waals surface area contributed by atoms with Gasteiger partial charge in [-0.1, -0.05) is 55.5 Å². The van der Waals surface area contributed by atoms with Crippen LogP contribution < -0.4 is 10.6 Å². The summed E-state index contributed by atoms with van der Waals surface area (Å²) in [7, 11) is 1.71. The quantitative estimate of drug-likeness (QED) is 0.250. The molecule has 2 N–H and O–H groups in total. The van der Waals surface area contributed by atoms with E-state index < -0.39 is 0 Å². The van der Waals surface area contributed by atoms with Gasteiger partial charge in [0, 0.05) is 56.4 Å². The number of anilines is 1. The fourth-order valence-corrected chi connectivity index (χ4v) is 5.62. The van der Waals surface area contributed by atoms with E-state index in [9.17, 15) is 9.59 Å². The van der Waals surface area contributed by atoms with Crippen LogP contribution >= 0.6 is 0 Å². The van der Waals surface area contributed by atoms with Crippen LogP contribution in [0, 0.1) is 13.8 Å². The number of nitrogens with zero attached hydrogens (tertiary/aromatic N) is 4. The molecule has 2 amide bonds. The Balaban J connectivity index is 1.44. The third kappa shape index (κ3) is 6.27. The molecular weight excluding hydrogens is 528 g/mol. The summed E-state index contributed by atoms with van der Waals surface area (Å²) in [4.78, 5) is 32.7. The number of carbonyl (C=O) groups is 2. The minimum atomic E-state index is -0.292. The van der Waals surface area contributed by atoms with Crippen LogP contribution in [0.2, 0.25) is 0 Å². The molecule has 0 bridgehead atoms. The Kier molecular flexibility index (Phi) is 9.09. The number of methoxy groups -OCH3 is 1. The number of Topliss-reactive ketones (excluding diaryl/α,β-unsaturated/α-hetero) is 1. The predicted octanol–water partition coefficient (Wildman–Crippen LogP) is 5.38. The normalized spacial score (nSPS) is 16.9. The molecular formula is C33H38N6O3. The molecule has 1 saturated heterocycles. The number of ketones is 1. The van der Waals surface area contributed by atoms with E-state index in [1.807, 2.05) is 75.4 Å². The zero-order valence-corrected chi connectivity index (χ0v) is 24.6. The van der Waals surface area contributed by atoms with Gasteiger partial charge in [-0.05, 0) is 43.2 Å². The number of aromatic nitrogens is 3. The summed E-state index contributed by atoms with van der Waals surface area (Å²) in [6.07, 6.45) is 2.08. The highest BCUT2D eigenvalue weighted by Crippen LogP contribution is 2.32. The minimum Gasteiger partial charge on any atom is -0.383 e. The van der Waals surface area contributed by atoms with Crippen molar-refractivity contribution in [3.8, 4) is 16.9 Å². The first-order chi connectivity index (χ1) is 20.4. The molecule has 0 saturated carbocycles. The molecule has 0 unspecified atom stereocenters. The Labute approximate surface area is 246 Å². The predicted molar refractivity (Wildman–Crippen MR) is 164 cm³/mol. The highest BCUT2D eigenvalue weighted by atomic mass is 16.5. The number of amides is 2. The Hall–Kier alpha value is -4.34. The second-order valence-corrected chi connectivity index (χ2v) is 10.7. The molecule has 2 atom stereocenters. The van der Waals surface area contributed by atoms with Gasteiger partial charge in [-0.15, -0.1) is 0 Å². The summed E-state index contributed by atoms with van der Waals surface area (Å²) < 4.78 is 7.06. The van der Waals surface area contributed by atoms with Gasteiger partial charge in [0.05, 0.1) is 24.0 Å². The fourth-order valence-electron chi connectivity index (χ4n) is 5.62. The Morgan fingerprint density at radius 3 is 2.40 bits per heavy atom. The van der Waals surface area contributed by atoms with E-state index in [1.165, 1.54) is 5.56 Å². The van der Waals surface area contributed by atoms with Gasteiger partial charge in [0.25, 0.3) is 0 Å². The zero-order valence-electron chi connectivity index (χ0n) is 24.6. The van der Waals surface area contributed by atoms with Gasteiger partial charge in [-0.3, -0.25) is 20.0 Å². The van der Waals surface area contributed by atoms with Crippen molar-refractivity contribution in [2.75, 3.05) is 38.7 Å². The van der Waals surface area contributed by atoms with Crippen LogP contribution in [-0.4, -0.2) is 70.9 Å². The minimum absolute atomic E-state index is 0.00567. The monoisotopic (exact) mass is 566 g/mol. The molecule has 9 heteroatoms. The molecule has 1 fully saturated rings. The van der Waals surface area contributed by atoms with Crippen LogP contribution in [-0.2, 0) is 4.74 Å². The largest absolute Gasteiger partial charge is 0.383 e. The van der Waals surface area contributed by atoms with E-state index in [-0.39, 0.29) is 23.8 Å². The van der Waals surface area contributed by atoms with E-state index in [0.717, 1.165) is 42.0 Å². The third-order valence-electron chi connectivity index (χ3n) is 7.84. The van der Waals surface area contributed by atoms with E-state index in [4.69, 9.17) is 9.84 Å². The van der Waals surface area contributed by atoms with Crippen molar-refractivity contribution in [2.45, 2.75) is 39.2 Å². The van der Waals surface area contributed by atoms with Crippen molar-refractivity contribution in [3.05, 3.63) is 95.3 Å². The first kappa shape index (κ1) is 29.2. The van der Waals surface area contributed by atoms with Crippen LogP contribution in [0.5, 0.6) is 0 Å². The number of rotatable bonds is 10. The first-order valence-electron chi connectivity index (χ1n) is 14.4. The molecule has 42 heavy (non-hydrogen) atoms. The number of urea groups is 1. The van der Waals surface area contributed by atoms with E-state index in [1.54, 1.807) is 18.0 Å². The van der Waals surface area contributed by atoms with Crippen LogP contribution in [0.15, 0.2) is 72.9 Å². The number of carbonyl (C=O) groups excluding carboxylic acids is 2. The number of aryl methyl sites for hydroxylation is 1. The van der Waals surface area contributed by atoms with Gasteiger partial charge in [-0.2, -0.15) is 5.10 Å². The van der Waals surface area contributed by atoms with Crippen molar-refractivity contribution in [3.63, 3.8) is 0 Å². The molecule has 0 radical (unpaired) electrons. The Bertz CT molecular complexity index is 1540. The number of hydrogen-bond acceptors (Lipinski definition) is 6. The second-order valence-electron chi connectivity index (χ2n) is 10.7. The average Bonchev–Trinajstić information content (AvgIpc) is 3.56. The van der Waals surface area contributed by atoms with Gasteiger partial charge in [-0.25, -0.2) is 9.48 Å². The molecule has 5 rings (SSSR count). The topological polar surface area (TPSA) is 101 Å². The molecule has 0 spiro atoms. The lowest BCUT2D eigenvalue weighted by Gasteiger charge is -2.21. The summed E-state index contributed by atoms with van der Waals surface area (Å²) in [6.45, 7) is 8.66. The van der Waals surface area contributed by atoms with Crippen molar-refractivity contribution in [1.29, 1.82) is 0 Å². The third-order valence-corrected chi connectivity index (χ3v) is 7.84. The standard InChI is InChI=1S/C33H38N6O3/c1-5-29(40)30-22(2)18-25(19-34-30)31-23(3)32(39(37-31)26-14-10-7-11-15-26)36-33(41)35-28-21-38(16-17-42-4)20-27(28)24-12-8-6-9-13-24/h6-15,18-19,27-28H,5,16-17,20-21H2,1-4H3,(H2,35,36,41)/t27-,28+/m0/s1. The van der Waals surface area contributed by atoms with E-state index >= 15 is 0 Å². The number of nitrogens with one attached hydrogen (secondary N) is 2. The van der Waals surface area contributed by atoms with Gasteiger partial charge in [0.2, 0.25) is 0 Å². The van der Waals surface area contributed by atoms with Crippen molar-refractivity contribution >= 4 is 17.6 Å². The summed E-state index contributed by atoms with van der Waals surface area (Å²) in [6, 6.07) is 21.6. The van der Waals surface area contributed by atoms with Crippen molar-refractivity contribution < 1.29 is 14.3 Å². The Morgan fingerprint density at radius 1 is 1.02 bits per heavy atom. The van der Waals surface area contributed by atoms with Crippen LogP contribution in [0.4, 0.5) is 10.6 Å². The maximum atomic E-state index is 13.6. The summed E-state index contributed by atoms with van der Waals surface area (Å²) in [5.41, 5.74) is 5.56. The number of ether oxygens (including phenoxy) is 1. The lowest BCUT2D eigenvalue weighted by Crippen LogP contribution is -2.42. The molecule has 1 aliphatic heterocycles. The van der Waals surface area contributed by atoms with Gasteiger partial charge >= 0.3 is 6.03 Å². The fraction of sp³-hybridized carbons (Fsp3) is 0.333. The van der Waals surface area contributed by atoms with Crippen LogP contribution in [0.3, 0.4) is 0 Å². The molecule has 218 valence electrons. The maximum absolute atomic E-state index is 13.6. The molecule has 2 aromatic carbocycles. The lowest BCUT2D eigenvalue weighted by molar-refractivity contribution is 0.0982. The molecule has 0 aliphatic carbocycles. The molecule has 9 nitrogen and oxygen atoms in total. The van der Waals surface area contributed by atoms with E-state index in [0.29, 0.717) is 30.2 Å². The second kappa shape index (κ2) is 13.1. The van der Waals surface area contributed by atoms with Crippen molar-refractivity contribution in [2.24, 2.45) is 0 Å². The SMILES string of the molecule is CCC(=O)c1ncc(-c2nn(-c3ccccc3)c(NC(=O)N[C@@H]3CN(CCOC)C[C@H]3c3ccccc3)c2C)cc1C. The number of hydrogen-bond donors (Lipinski definition) is 2. The van der Waals surface area contributed by atoms with Crippen molar-refractivity contribution in [1.82, 2.24) is 25.0 Å². The lowest BCUT2D eigenvalue weighted by atomic mass is 9.94. The zero-order chi connectivity index (χ0) is 29.6. The van der Waals surface area contributed by atoms with Crippen LogP contribution in [0.1, 0.15) is 46.4 Å². The first-order valence-corrected chi connectivity index (χ1v) is 14.4. The number of para-hydroxylation sites is 1. The number of likely N-dealkylation sites (tertiary alicyclic amines) is 1. The van der Waals surface area contributed by atoms with Gasteiger partial charge < -0.3 is 10.1 Å². The molecule has 4 aromatic rings. The number of pyridine rings is 1. The van der Waals surface area contributed by atoms with Gasteiger partial charge in [0.15, 0.2) is 5.78 Å². The Morgan fingerprint density at radius 2 is 1.74 bits per heavy atom. The average molecular weight is 567 g/mol. The highest BCUT2D eigenvalue weighted by Gasteiger charge is 2.35. The highest BCUT2D eigenvalue weighted by molar-refractivity contribution is 5.96. The molecule has 1 aliphatic rings.